The molecule has 0 amide bonds. The van der Waals surface area contributed by atoms with Crippen molar-refractivity contribution in [1.82, 2.24) is 10.2 Å². The molecule has 152 valence electrons. The Bertz CT molecular complexity index is 758. The van der Waals surface area contributed by atoms with Crippen LogP contribution in [0.3, 0.4) is 0 Å². The van der Waals surface area contributed by atoms with Crippen LogP contribution in [0.2, 0.25) is 0 Å². The lowest BCUT2D eigenvalue weighted by molar-refractivity contribution is -0.0797. The number of rotatable bonds is 10. The van der Waals surface area contributed by atoms with Crippen molar-refractivity contribution in [2.24, 2.45) is 0 Å². The molecule has 28 heavy (non-hydrogen) atoms. The van der Waals surface area contributed by atoms with E-state index in [1.807, 2.05) is 38.4 Å². The van der Waals surface area contributed by atoms with Crippen molar-refractivity contribution in [3.05, 3.63) is 53.6 Å². The van der Waals surface area contributed by atoms with Gasteiger partial charge in [-0.3, -0.25) is 5.32 Å². The Morgan fingerprint density at radius 2 is 1.71 bits per heavy atom. The molecule has 1 heterocycles. The second-order valence-electron chi connectivity index (χ2n) is 7.29. The van der Waals surface area contributed by atoms with Crippen molar-refractivity contribution in [2.45, 2.75) is 12.1 Å². The Balaban J connectivity index is 1.62. The van der Waals surface area contributed by atoms with Gasteiger partial charge in [-0.05, 0) is 49.5 Å². The molecule has 0 bridgehead atoms. The van der Waals surface area contributed by atoms with Gasteiger partial charge in [-0.2, -0.15) is 0 Å². The lowest BCUT2D eigenvalue weighted by Gasteiger charge is -2.43. The quantitative estimate of drug-likeness (QED) is 0.678. The minimum atomic E-state index is -0.208. The lowest BCUT2D eigenvalue weighted by Crippen LogP contribution is -2.57. The summed E-state index contributed by atoms with van der Waals surface area (Å²) in [4.78, 5) is 2.10. The second-order valence-corrected chi connectivity index (χ2v) is 7.29. The minimum Gasteiger partial charge on any atom is -0.493 e. The molecule has 0 unspecified atom stereocenters. The molecule has 1 N–H and O–H groups in total. The third-order valence-corrected chi connectivity index (χ3v) is 4.99. The van der Waals surface area contributed by atoms with Crippen molar-refractivity contribution >= 4 is 0 Å². The number of likely N-dealkylation sites (N-methyl/N-ethyl adjacent to an activating group) is 1. The highest BCUT2D eigenvalue weighted by Gasteiger charge is 2.40. The lowest BCUT2D eigenvalue weighted by atomic mass is 9.87. The Morgan fingerprint density at radius 1 is 1.00 bits per heavy atom. The summed E-state index contributed by atoms with van der Waals surface area (Å²) < 4.78 is 22.1. The Kier molecular flexibility index (Phi) is 6.78. The third-order valence-electron chi connectivity index (χ3n) is 4.99. The van der Waals surface area contributed by atoms with Gasteiger partial charge in [0.2, 0.25) is 0 Å². The predicted octanol–water partition coefficient (Wildman–Crippen LogP) is 2.66. The number of hydrogen-bond acceptors (Lipinski definition) is 6. The molecule has 1 aliphatic heterocycles. The summed E-state index contributed by atoms with van der Waals surface area (Å²) in [5.74, 6) is 2.35. The van der Waals surface area contributed by atoms with E-state index in [1.165, 1.54) is 5.56 Å². The molecular weight excluding hydrogens is 356 g/mol. The van der Waals surface area contributed by atoms with Gasteiger partial charge in [-0.15, -0.1) is 0 Å². The summed E-state index contributed by atoms with van der Waals surface area (Å²) >= 11 is 0. The zero-order valence-corrected chi connectivity index (χ0v) is 17.2. The number of benzene rings is 2. The molecule has 3 rings (SSSR count). The smallest absolute Gasteiger partial charge is 0.161 e. The van der Waals surface area contributed by atoms with E-state index < -0.39 is 0 Å². The van der Waals surface area contributed by atoms with E-state index in [-0.39, 0.29) is 5.54 Å². The number of hydrogen-bond donors (Lipinski definition) is 1. The third kappa shape index (κ3) is 4.76. The highest BCUT2D eigenvalue weighted by Crippen LogP contribution is 2.36. The number of methoxy groups -OCH3 is 2. The highest BCUT2D eigenvalue weighted by atomic mass is 16.5. The van der Waals surface area contributed by atoms with Gasteiger partial charge in [-0.1, -0.05) is 18.2 Å². The molecule has 6 heteroatoms. The molecule has 0 atom stereocenters. The van der Waals surface area contributed by atoms with Crippen molar-refractivity contribution in [3.8, 4) is 17.2 Å². The Hall–Kier alpha value is -2.28. The first kappa shape index (κ1) is 20.5. The number of nitrogens with one attached hydrogen (secondary N) is 1. The zero-order valence-electron chi connectivity index (χ0n) is 17.2. The predicted molar refractivity (Wildman–Crippen MR) is 109 cm³/mol. The molecule has 6 nitrogen and oxygen atoms in total. The molecule has 2 aromatic rings. The van der Waals surface area contributed by atoms with Gasteiger partial charge >= 0.3 is 0 Å². The van der Waals surface area contributed by atoms with Crippen molar-refractivity contribution < 1.29 is 18.9 Å². The maximum absolute atomic E-state index is 5.76. The molecule has 1 fully saturated rings. The van der Waals surface area contributed by atoms with Crippen LogP contribution in [0.5, 0.6) is 17.2 Å². The van der Waals surface area contributed by atoms with Gasteiger partial charge in [-0.25, -0.2) is 0 Å². The molecule has 0 spiro atoms. The fourth-order valence-corrected chi connectivity index (χ4v) is 3.13. The van der Waals surface area contributed by atoms with E-state index in [2.05, 4.69) is 28.4 Å². The Labute approximate surface area is 167 Å². The number of ether oxygens (including phenoxy) is 4. The second kappa shape index (κ2) is 9.28. The van der Waals surface area contributed by atoms with Crippen LogP contribution in [0.1, 0.15) is 11.1 Å². The van der Waals surface area contributed by atoms with E-state index in [9.17, 15) is 0 Å². The summed E-state index contributed by atoms with van der Waals surface area (Å²) in [5.41, 5.74) is 2.13. The summed E-state index contributed by atoms with van der Waals surface area (Å²) in [7, 11) is 7.38. The van der Waals surface area contributed by atoms with Gasteiger partial charge in [0.15, 0.2) is 11.5 Å². The SMILES string of the molecule is COc1ccc(C2(NCc3ccc(OCCN(C)C)cc3)COC2)cc1OC. The van der Waals surface area contributed by atoms with Gasteiger partial charge < -0.3 is 23.8 Å². The van der Waals surface area contributed by atoms with Gasteiger partial charge in [0.05, 0.1) is 33.0 Å². The van der Waals surface area contributed by atoms with Crippen LogP contribution >= 0.6 is 0 Å². The summed E-state index contributed by atoms with van der Waals surface area (Å²) in [6.45, 7) is 3.60. The maximum Gasteiger partial charge on any atom is 0.161 e. The van der Waals surface area contributed by atoms with E-state index >= 15 is 0 Å². The molecule has 0 saturated carbocycles. The number of nitrogens with zero attached hydrogens (tertiary/aromatic N) is 1. The van der Waals surface area contributed by atoms with Crippen LogP contribution in [0, 0.1) is 0 Å². The first-order valence-electron chi connectivity index (χ1n) is 9.48. The van der Waals surface area contributed by atoms with Crippen LogP contribution in [-0.2, 0) is 16.8 Å². The van der Waals surface area contributed by atoms with E-state index in [1.54, 1.807) is 14.2 Å². The monoisotopic (exact) mass is 386 g/mol. The summed E-state index contributed by atoms with van der Waals surface area (Å²) in [6, 6.07) is 14.3. The van der Waals surface area contributed by atoms with Crippen LogP contribution in [0.4, 0.5) is 0 Å². The Morgan fingerprint density at radius 3 is 2.29 bits per heavy atom. The largest absolute Gasteiger partial charge is 0.493 e. The molecule has 0 aliphatic carbocycles. The fourth-order valence-electron chi connectivity index (χ4n) is 3.13. The topological polar surface area (TPSA) is 52.2 Å². The average Bonchev–Trinajstić information content (AvgIpc) is 2.67. The van der Waals surface area contributed by atoms with Crippen LogP contribution in [0.15, 0.2) is 42.5 Å². The fraction of sp³-hybridized carbons (Fsp3) is 0.455. The summed E-state index contributed by atoms with van der Waals surface area (Å²) in [5, 5.41) is 3.66. The molecule has 1 saturated heterocycles. The van der Waals surface area contributed by atoms with Crippen LogP contribution in [0.25, 0.3) is 0 Å². The van der Waals surface area contributed by atoms with Crippen LogP contribution in [-0.4, -0.2) is 59.6 Å². The van der Waals surface area contributed by atoms with Crippen LogP contribution < -0.4 is 19.5 Å². The van der Waals surface area contributed by atoms with Gasteiger partial charge in [0.1, 0.15) is 12.4 Å². The summed E-state index contributed by atoms with van der Waals surface area (Å²) in [6.07, 6.45) is 0. The van der Waals surface area contributed by atoms with Gasteiger partial charge in [0.25, 0.3) is 0 Å². The minimum absolute atomic E-state index is 0.208. The first-order chi connectivity index (χ1) is 13.6. The molecule has 1 aliphatic rings. The van der Waals surface area contributed by atoms with Gasteiger partial charge in [0, 0.05) is 13.1 Å². The van der Waals surface area contributed by atoms with Crippen molar-refractivity contribution in [1.29, 1.82) is 0 Å². The highest BCUT2D eigenvalue weighted by molar-refractivity contribution is 5.45. The van der Waals surface area contributed by atoms with Crippen molar-refractivity contribution in [3.63, 3.8) is 0 Å². The maximum atomic E-state index is 5.76. The van der Waals surface area contributed by atoms with E-state index in [0.717, 1.165) is 35.9 Å². The van der Waals surface area contributed by atoms with E-state index in [0.29, 0.717) is 19.8 Å². The standard InChI is InChI=1S/C22H30N2O4/c1-24(2)11-12-28-19-8-5-17(6-9-19)14-23-22(15-27-16-22)18-7-10-20(25-3)21(13-18)26-4/h5-10,13,23H,11-12,14-16H2,1-4H3. The zero-order chi connectivity index (χ0) is 20.0. The molecule has 2 aromatic carbocycles. The average molecular weight is 386 g/mol. The molecule has 0 aromatic heterocycles. The van der Waals surface area contributed by atoms with Crippen molar-refractivity contribution in [2.75, 3.05) is 54.7 Å². The van der Waals surface area contributed by atoms with E-state index in [4.69, 9.17) is 18.9 Å². The molecular formula is C22H30N2O4. The molecule has 0 radical (unpaired) electrons. The first-order valence-corrected chi connectivity index (χ1v) is 9.48. The normalized spacial score (nSPS) is 15.2.